The molecule has 1 unspecified atom stereocenters. The molecule has 0 fully saturated rings. The molecule has 1 N–H and O–H groups in total. The number of ether oxygens (including phenoxy) is 2. The topological polar surface area (TPSA) is 54.0 Å². The van der Waals surface area contributed by atoms with E-state index in [1.807, 2.05) is 78.6 Å². The van der Waals surface area contributed by atoms with Gasteiger partial charge in [-0.15, -0.1) is 0 Å². The smallest absolute Gasteiger partial charge is 0.326 e. The number of aryl methyl sites for hydroxylation is 2. The van der Waals surface area contributed by atoms with Crippen molar-refractivity contribution in [3.63, 3.8) is 0 Å². The molecule has 1 aliphatic rings. The number of hydrogen-bond acceptors (Lipinski definition) is 4. The summed E-state index contributed by atoms with van der Waals surface area (Å²) < 4.78 is 11.3. The van der Waals surface area contributed by atoms with Crippen LogP contribution in [0.3, 0.4) is 0 Å². The molecule has 0 bridgehead atoms. The molecule has 0 aliphatic carbocycles. The Bertz CT molecular complexity index is 1120. The third-order valence-electron chi connectivity index (χ3n) is 6.29. The van der Waals surface area contributed by atoms with Gasteiger partial charge in [0.1, 0.15) is 6.61 Å². The number of benzene rings is 3. The summed E-state index contributed by atoms with van der Waals surface area (Å²) >= 11 is 0. The SMILES string of the molecule is COc1ccccc1OCCN(C)CC1CCc2ccccc2N1C(=O)Nc1ccccc1C. The predicted molar refractivity (Wildman–Crippen MR) is 137 cm³/mol. The molecule has 178 valence electrons. The van der Waals surface area contributed by atoms with Gasteiger partial charge < -0.3 is 19.7 Å². The summed E-state index contributed by atoms with van der Waals surface area (Å²) in [5.74, 6) is 1.47. The van der Waals surface area contributed by atoms with Gasteiger partial charge in [0.25, 0.3) is 0 Å². The molecule has 2 amide bonds. The second-order valence-electron chi connectivity index (χ2n) is 8.70. The third-order valence-corrected chi connectivity index (χ3v) is 6.29. The van der Waals surface area contributed by atoms with E-state index in [9.17, 15) is 4.79 Å². The fourth-order valence-electron chi connectivity index (χ4n) is 4.44. The Morgan fingerprint density at radius 3 is 2.53 bits per heavy atom. The van der Waals surface area contributed by atoms with E-state index in [0.29, 0.717) is 6.61 Å². The van der Waals surface area contributed by atoms with Crippen LogP contribution in [0.5, 0.6) is 11.5 Å². The number of nitrogens with one attached hydrogen (secondary N) is 1. The van der Waals surface area contributed by atoms with Crippen LogP contribution in [0.4, 0.5) is 16.2 Å². The van der Waals surface area contributed by atoms with Crippen molar-refractivity contribution in [3.05, 3.63) is 83.9 Å². The monoisotopic (exact) mass is 459 g/mol. The highest BCUT2D eigenvalue weighted by Gasteiger charge is 2.31. The molecule has 6 nitrogen and oxygen atoms in total. The van der Waals surface area contributed by atoms with Gasteiger partial charge in [-0.3, -0.25) is 4.90 Å². The first kappa shape index (κ1) is 23.6. The van der Waals surface area contributed by atoms with Crippen molar-refractivity contribution in [3.8, 4) is 11.5 Å². The number of amides is 2. The highest BCUT2D eigenvalue weighted by molar-refractivity contribution is 6.03. The minimum Gasteiger partial charge on any atom is -0.493 e. The second kappa shape index (κ2) is 11.1. The lowest BCUT2D eigenvalue weighted by Gasteiger charge is -2.39. The van der Waals surface area contributed by atoms with Crippen molar-refractivity contribution in [2.24, 2.45) is 0 Å². The van der Waals surface area contributed by atoms with Crippen LogP contribution in [-0.4, -0.2) is 50.8 Å². The van der Waals surface area contributed by atoms with Gasteiger partial charge in [-0.1, -0.05) is 48.5 Å². The summed E-state index contributed by atoms with van der Waals surface area (Å²) in [7, 11) is 3.72. The number of para-hydroxylation sites is 4. The van der Waals surface area contributed by atoms with Crippen LogP contribution in [0.1, 0.15) is 17.5 Å². The standard InChI is InChI=1S/C28H33N3O3/c1-21-10-4-6-12-24(21)29-28(32)31-23(17-16-22-11-5-7-13-25(22)31)20-30(2)18-19-34-27-15-9-8-14-26(27)33-3/h4-15,23H,16-20H2,1-3H3,(H,29,32). The molecular weight excluding hydrogens is 426 g/mol. The van der Waals surface area contributed by atoms with E-state index in [2.05, 4.69) is 23.3 Å². The maximum atomic E-state index is 13.5. The Balaban J connectivity index is 1.44. The first-order valence-corrected chi connectivity index (χ1v) is 11.7. The van der Waals surface area contributed by atoms with Crippen molar-refractivity contribution < 1.29 is 14.3 Å². The number of fused-ring (bicyclic) bond motifs is 1. The fourth-order valence-corrected chi connectivity index (χ4v) is 4.44. The van der Waals surface area contributed by atoms with E-state index in [1.54, 1.807) is 7.11 Å². The van der Waals surface area contributed by atoms with E-state index in [0.717, 1.165) is 54.4 Å². The molecule has 6 heteroatoms. The average molecular weight is 460 g/mol. The molecule has 1 atom stereocenters. The van der Waals surface area contributed by atoms with Gasteiger partial charge >= 0.3 is 6.03 Å². The van der Waals surface area contributed by atoms with Gasteiger partial charge in [-0.05, 0) is 62.2 Å². The minimum atomic E-state index is -0.0925. The summed E-state index contributed by atoms with van der Waals surface area (Å²) in [6.45, 7) is 4.04. The lowest BCUT2D eigenvalue weighted by atomic mass is 9.95. The Morgan fingerprint density at radius 2 is 1.74 bits per heavy atom. The molecule has 0 spiro atoms. The van der Waals surface area contributed by atoms with Gasteiger partial charge in [-0.25, -0.2) is 4.79 Å². The third kappa shape index (κ3) is 5.51. The quantitative estimate of drug-likeness (QED) is 0.492. The van der Waals surface area contributed by atoms with Crippen LogP contribution in [0.25, 0.3) is 0 Å². The average Bonchev–Trinajstić information content (AvgIpc) is 2.85. The number of hydrogen-bond donors (Lipinski definition) is 1. The normalized spacial score (nSPS) is 15.1. The molecule has 0 radical (unpaired) electrons. The Hall–Kier alpha value is -3.51. The number of carbonyl (C=O) groups excluding carboxylic acids is 1. The highest BCUT2D eigenvalue weighted by Crippen LogP contribution is 2.32. The number of rotatable bonds is 8. The molecule has 0 aromatic heterocycles. The van der Waals surface area contributed by atoms with Crippen LogP contribution >= 0.6 is 0 Å². The highest BCUT2D eigenvalue weighted by atomic mass is 16.5. The van der Waals surface area contributed by atoms with E-state index in [4.69, 9.17) is 9.47 Å². The summed E-state index contributed by atoms with van der Waals surface area (Å²) in [5.41, 5.74) is 4.08. The Morgan fingerprint density at radius 1 is 1.03 bits per heavy atom. The number of urea groups is 1. The minimum absolute atomic E-state index is 0.0650. The van der Waals surface area contributed by atoms with Crippen LogP contribution in [0, 0.1) is 6.92 Å². The van der Waals surface area contributed by atoms with Gasteiger partial charge in [0.15, 0.2) is 11.5 Å². The van der Waals surface area contributed by atoms with Crippen molar-refractivity contribution >= 4 is 17.4 Å². The number of likely N-dealkylation sites (N-methyl/N-ethyl adjacent to an activating group) is 1. The van der Waals surface area contributed by atoms with Gasteiger partial charge in [0.05, 0.1) is 13.2 Å². The van der Waals surface area contributed by atoms with Crippen molar-refractivity contribution in [1.82, 2.24) is 4.90 Å². The molecule has 34 heavy (non-hydrogen) atoms. The maximum absolute atomic E-state index is 13.5. The van der Waals surface area contributed by atoms with E-state index < -0.39 is 0 Å². The number of nitrogens with zero attached hydrogens (tertiary/aromatic N) is 2. The number of anilines is 2. The largest absolute Gasteiger partial charge is 0.493 e. The molecule has 3 aromatic rings. The molecule has 1 heterocycles. The molecule has 0 saturated heterocycles. The number of methoxy groups -OCH3 is 1. The first-order chi connectivity index (χ1) is 16.6. The van der Waals surface area contributed by atoms with E-state index in [-0.39, 0.29) is 12.1 Å². The Labute approximate surface area is 202 Å². The predicted octanol–water partition coefficient (Wildman–Crippen LogP) is 5.37. The summed E-state index contributed by atoms with van der Waals surface area (Å²) in [5, 5.41) is 3.13. The molecule has 1 aliphatic heterocycles. The lowest BCUT2D eigenvalue weighted by molar-refractivity contribution is 0.216. The van der Waals surface area contributed by atoms with E-state index in [1.165, 1.54) is 5.56 Å². The van der Waals surface area contributed by atoms with Crippen LogP contribution in [-0.2, 0) is 6.42 Å². The molecular formula is C28H33N3O3. The van der Waals surface area contributed by atoms with Gasteiger partial charge in [0, 0.05) is 24.5 Å². The van der Waals surface area contributed by atoms with Crippen LogP contribution < -0.4 is 19.7 Å². The van der Waals surface area contributed by atoms with Crippen molar-refractivity contribution in [2.75, 3.05) is 44.1 Å². The lowest BCUT2D eigenvalue weighted by Crippen LogP contribution is -2.51. The molecule has 3 aromatic carbocycles. The van der Waals surface area contributed by atoms with Gasteiger partial charge in [0.2, 0.25) is 0 Å². The molecule has 0 saturated carbocycles. The summed E-state index contributed by atoms with van der Waals surface area (Å²) in [4.78, 5) is 17.7. The van der Waals surface area contributed by atoms with E-state index >= 15 is 0 Å². The Kier molecular flexibility index (Phi) is 7.70. The number of carbonyl (C=O) groups is 1. The second-order valence-corrected chi connectivity index (χ2v) is 8.70. The maximum Gasteiger partial charge on any atom is 0.326 e. The van der Waals surface area contributed by atoms with Gasteiger partial charge in [-0.2, -0.15) is 0 Å². The first-order valence-electron chi connectivity index (χ1n) is 11.7. The zero-order valence-electron chi connectivity index (χ0n) is 20.2. The summed E-state index contributed by atoms with van der Waals surface area (Å²) in [6.07, 6.45) is 1.87. The fraction of sp³-hybridized carbons (Fsp3) is 0.321. The zero-order chi connectivity index (χ0) is 23.9. The molecule has 4 rings (SSSR count). The zero-order valence-corrected chi connectivity index (χ0v) is 20.2. The summed E-state index contributed by atoms with van der Waals surface area (Å²) in [6, 6.07) is 23.7. The van der Waals surface area contributed by atoms with Crippen molar-refractivity contribution in [1.29, 1.82) is 0 Å². The van der Waals surface area contributed by atoms with Crippen LogP contribution in [0.15, 0.2) is 72.8 Å². The van der Waals surface area contributed by atoms with Crippen molar-refractivity contribution in [2.45, 2.75) is 25.8 Å². The van der Waals surface area contributed by atoms with Crippen LogP contribution in [0.2, 0.25) is 0 Å².